The predicted octanol–water partition coefficient (Wildman–Crippen LogP) is 4.17. The van der Waals surface area contributed by atoms with Gasteiger partial charge in [-0.15, -0.1) is 0 Å². The normalized spacial score (nSPS) is 10.6. The van der Waals surface area contributed by atoms with Crippen LogP contribution in [0, 0.1) is 0 Å². The minimum atomic E-state index is -0.526. The van der Waals surface area contributed by atoms with Crippen molar-refractivity contribution in [2.24, 2.45) is 5.10 Å². The SMILES string of the molecule is CCOc1ccc(C(=O)Oc2ccc(C=NNC(=O)c3ccc(O)cc3)cc2OCC)cc1. The second kappa shape index (κ2) is 11.3. The second-order valence-electron chi connectivity index (χ2n) is 6.73. The lowest BCUT2D eigenvalue weighted by molar-refractivity contribution is 0.0728. The van der Waals surface area contributed by atoms with Crippen LogP contribution < -0.4 is 19.6 Å². The number of nitrogens with one attached hydrogen (secondary N) is 1. The van der Waals surface area contributed by atoms with E-state index in [0.29, 0.717) is 41.4 Å². The van der Waals surface area contributed by atoms with Crippen molar-refractivity contribution in [2.75, 3.05) is 13.2 Å². The lowest BCUT2D eigenvalue weighted by atomic mass is 10.2. The number of phenolic OH excluding ortho intramolecular Hbond substituents is 1. The smallest absolute Gasteiger partial charge is 0.343 e. The fourth-order valence-corrected chi connectivity index (χ4v) is 2.81. The minimum Gasteiger partial charge on any atom is -0.508 e. The molecule has 0 radical (unpaired) electrons. The van der Waals surface area contributed by atoms with Gasteiger partial charge in [0.15, 0.2) is 11.5 Å². The maximum Gasteiger partial charge on any atom is 0.343 e. The van der Waals surface area contributed by atoms with Crippen LogP contribution in [-0.2, 0) is 0 Å². The first kappa shape index (κ1) is 23.3. The molecule has 8 nitrogen and oxygen atoms in total. The molecule has 0 aliphatic carbocycles. The third-order valence-electron chi connectivity index (χ3n) is 4.38. The van der Waals surface area contributed by atoms with E-state index in [1.54, 1.807) is 42.5 Å². The number of ether oxygens (including phenoxy) is 3. The molecule has 8 heteroatoms. The Labute approximate surface area is 191 Å². The van der Waals surface area contributed by atoms with E-state index in [9.17, 15) is 14.7 Å². The fraction of sp³-hybridized carbons (Fsp3) is 0.160. The summed E-state index contributed by atoms with van der Waals surface area (Å²) in [7, 11) is 0. The summed E-state index contributed by atoms with van der Waals surface area (Å²) < 4.78 is 16.5. The zero-order valence-corrected chi connectivity index (χ0v) is 18.3. The Bertz CT molecular complexity index is 1120. The van der Waals surface area contributed by atoms with Crippen LogP contribution in [0.25, 0.3) is 0 Å². The van der Waals surface area contributed by atoms with Crippen molar-refractivity contribution in [2.45, 2.75) is 13.8 Å². The molecular weight excluding hydrogens is 424 g/mol. The van der Waals surface area contributed by atoms with Gasteiger partial charge in [-0.05, 0) is 86.1 Å². The summed E-state index contributed by atoms with van der Waals surface area (Å²) in [6.07, 6.45) is 1.44. The van der Waals surface area contributed by atoms with Gasteiger partial charge in [-0.25, -0.2) is 10.2 Å². The minimum absolute atomic E-state index is 0.0711. The number of nitrogens with zero attached hydrogens (tertiary/aromatic N) is 1. The van der Waals surface area contributed by atoms with Gasteiger partial charge >= 0.3 is 5.97 Å². The van der Waals surface area contributed by atoms with Crippen LogP contribution in [0.4, 0.5) is 0 Å². The largest absolute Gasteiger partial charge is 0.508 e. The molecule has 0 spiro atoms. The summed E-state index contributed by atoms with van der Waals surface area (Å²) in [6, 6.07) is 17.4. The van der Waals surface area contributed by atoms with Crippen molar-refractivity contribution in [1.82, 2.24) is 5.43 Å². The zero-order valence-electron chi connectivity index (χ0n) is 18.3. The van der Waals surface area contributed by atoms with Gasteiger partial charge in [-0.3, -0.25) is 4.79 Å². The highest BCUT2D eigenvalue weighted by Crippen LogP contribution is 2.29. The van der Waals surface area contributed by atoms with E-state index in [2.05, 4.69) is 10.5 Å². The lowest BCUT2D eigenvalue weighted by Crippen LogP contribution is -2.17. The highest BCUT2D eigenvalue weighted by molar-refractivity contribution is 5.95. The number of benzene rings is 3. The van der Waals surface area contributed by atoms with Crippen LogP contribution in [0.1, 0.15) is 40.1 Å². The molecule has 0 fully saturated rings. The first-order valence-corrected chi connectivity index (χ1v) is 10.3. The summed E-state index contributed by atoms with van der Waals surface area (Å²) in [5.74, 6) is 0.428. The van der Waals surface area contributed by atoms with E-state index < -0.39 is 11.9 Å². The summed E-state index contributed by atoms with van der Waals surface area (Å²) in [5, 5.41) is 13.2. The van der Waals surface area contributed by atoms with E-state index in [1.165, 1.54) is 30.5 Å². The molecule has 2 N–H and O–H groups in total. The molecule has 0 aliphatic rings. The standard InChI is InChI=1S/C25H24N2O6/c1-3-31-21-12-8-19(9-13-21)25(30)33-22-14-5-17(15-23(22)32-4-2)16-26-27-24(29)18-6-10-20(28)11-7-18/h5-16,28H,3-4H2,1-2H3,(H,27,29). The highest BCUT2D eigenvalue weighted by Gasteiger charge is 2.13. The Morgan fingerprint density at radius 1 is 0.879 bits per heavy atom. The van der Waals surface area contributed by atoms with Gasteiger partial charge in [0.2, 0.25) is 0 Å². The molecule has 170 valence electrons. The van der Waals surface area contributed by atoms with Crippen LogP contribution in [0.5, 0.6) is 23.0 Å². The number of aromatic hydroxyl groups is 1. The van der Waals surface area contributed by atoms with Crippen LogP contribution in [-0.4, -0.2) is 36.4 Å². The molecule has 0 saturated heterocycles. The van der Waals surface area contributed by atoms with Crippen molar-refractivity contribution >= 4 is 18.1 Å². The maximum absolute atomic E-state index is 12.5. The summed E-state index contributed by atoms with van der Waals surface area (Å²) >= 11 is 0. The molecule has 0 bridgehead atoms. The number of hydrogen-bond donors (Lipinski definition) is 2. The molecule has 33 heavy (non-hydrogen) atoms. The number of hydrazone groups is 1. The third kappa shape index (κ3) is 6.57. The van der Waals surface area contributed by atoms with Crippen LogP contribution in [0.15, 0.2) is 71.8 Å². The van der Waals surface area contributed by atoms with E-state index >= 15 is 0 Å². The van der Waals surface area contributed by atoms with Crippen molar-refractivity contribution in [3.63, 3.8) is 0 Å². The number of esters is 1. The Balaban J connectivity index is 1.67. The number of hydrogen-bond acceptors (Lipinski definition) is 7. The average Bonchev–Trinajstić information content (AvgIpc) is 2.82. The average molecular weight is 448 g/mol. The van der Waals surface area contributed by atoms with Gasteiger partial charge in [-0.2, -0.15) is 5.10 Å². The Morgan fingerprint density at radius 2 is 1.55 bits per heavy atom. The topological polar surface area (TPSA) is 106 Å². The molecule has 0 heterocycles. The first-order chi connectivity index (χ1) is 16.0. The Kier molecular flexibility index (Phi) is 8.02. The molecule has 1 amide bonds. The Hall–Kier alpha value is -4.33. The van der Waals surface area contributed by atoms with Crippen molar-refractivity contribution in [1.29, 1.82) is 0 Å². The van der Waals surface area contributed by atoms with Crippen molar-refractivity contribution < 1.29 is 28.9 Å². The van der Waals surface area contributed by atoms with Crippen LogP contribution >= 0.6 is 0 Å². The second-order valence-corrected chi connectivity index (χ2v) is 6.73. The third-order valence-corrected chi connectivity index (χ3v) is 4.38. The molecular formula is C25H24N2O6. The maximum atomic E-state index is 12.5. The van der Waals surface area contributed by atoms with E-state index in [0.717, 1.165) is 0 Å². The molecule has 0 unspecified atom stereocenters. The zero-order chi connectivity index (χ0) is 23.6. The summed E-state index contributed by atoms with van der Waals surface area (Å²) in [4.78, 5) is 24.6. The van der Waals surface area contributed by atoms with Gasteiger partial charge < -0.3 is 19.3 Å². The number of phenols is 1. The van der Waals surface area contributed by atoms with Crippen molar-refractivity contribution in [3.05, 3.63) is 83.4 Å². The van der Waals surface area contributed by atoms with Gasteiger partial charge in [0.05, 0.1) is 25.0 Å². The molecule has 0 aliphatic heterocycles. The number of carbonyl (C=O) groups is 2. The number of amides is 1. The van der Waals surface area contributed by atoms with E-state index in [4.69, 9.17) is 14.2 Å². The van der Waals surface area contributed by atoms with E-state index in [-0.39, 0.29) is 11.5 Å². The van der Waals surface area contributed by atoms with Crippen molar-refractivity contribution in [3.8, 4) is 23.0 Å². The molecule has 0 saturated carbocycles. The highest BCUT2D eigenvalue weighted by atomic mass is 16.6. The number of carbonyl (C=O) groups excluding carboxylic acids is 2. The Morgan fingerprint density at radius 3 is 2.21 bits per heavy atom. The van der Waals surface area contributed by atoms with Gasteiger partial charge in [0.1, 0.15) is 11.5 Å². The molecule has 3 aromatic carbocycles. The molecule has 0 atom stereocenters. The van der Waals surface area contributed by atoms with E-state index in [1.807, 2.05) is 13.8 Å². The quantitative estimate of drug-likeness (QED) is 0.220. The predicted molar refractivity (Wildman–Crippen MR) is 123 cm³/mol. The summed E-state index contributed by atoms with van der Waals surface area (Å²) in [6.45, 7) is 4.61. The van der Waals surface area contributed by atoms with Gasteiger partial charge in [-0.1, -0.05) is 0 Å². The van der Waals surface area contributed by atoms with Gasteiger partial charge in [0.25, 0.3) is 5.91 Å². The first-order valence-electron chi connectivity index (χ1n) is 10.3. The molecule has 3 rings (SSSR count). The fourth-order valence-electron chi connectivity index (χ4n) is 2.81. The molecule has 0 aromatic heterocycles. The van der Waals surface area contributed by atoms with Crippen LogP contribution in [0.3, 0.4) is 0 Å². The van der Waals surface area contributed by atoms with Gasteiger partial charge in [0, 0.05) is 5.56 Å². The molecule has 3 aromatic rings. The lowest BCUT2D eigenvalue weighted by Gasteiger charge is -2.11. The monoisotopic (exact) mass is 448 g/mol. The number of rotatable bonds is 9. The van der Waals surface area contributed by atoms with Crippen LogP contribution in [0.2, 0.25) is 0 Å². The summed E-state index contributed by atoms with van der Waals surface area (Å²) in [5.41, 5.74) is 3.78.